The van der Waals surface area contributed by atoms with Crippen molar-refractivity contribution in [2.24, 2.45) is 0 Å². The predicted octanol–water partition coefficient (Wildman–Crippen LogP) is 1.79. The molecular weight excluding hydrogens is 252 g/mol. The van der Waals surface area contributed by atoms with Crippen molar-refractivity contribution in [2.75, 3.05) is 11.9 Å². The Morgan fingerprint density at radius 3 is 2.80 bits per heavy atom. The molecule has 0 spiro atoms. The fourth-order valence-corrected chi connectivity index (χ4v) is 1.97. The van der Waals surface area contributed by atoms with E-state index in [1.54, 1.807) is 4.52 Å². The molecule has 0 fully saturated rings. The molecule has 1 N–H and O–H groups in total. The Kier molecular flexibility index (Phi) is 3.28. The first kappa shape index (κ1) is 12.5. The Hall–Kier alpha value is -2.50. The van der Waals surface area contributed by atoms with Gasteiger partial charge in [-0.15, -0.1) is 15.3 Å². The Labute approximate surface area is 116 Å². The van der Waals surface area contributed by atoms with Gasteiger partial charge >= 0.3 is 0 Å². The van der Waals surface area contributed by atoms with Gasteiger partial charge in [0.15, 0.2) is 11.5 Å². The molecule has 6 nitrogen and oxygen atoms in total. The number of hydrogen-bond donors (Lipinski definition) is 1. The summed E-state index contributed by atoms with van der Waals surface area (Å²) in [7, 11) is 0. The second-order valence-corrected chi connectivity index (χ2v) is 4.72. The van der Waals surface area contributed by atoms with Crippen LogP contribution in [0.3, 0.4) is 0 Å². The quantitative estimate of drug-likeness (QED) is 0.781. The van der Waals surface area contributed by atoms with Crippen molar-refractivity contribution >= 4 is 11.5 Å². The number of aryl methyl sites for hydroxylation is 2. The lowest BCUT2D eigenvalue weighted by atomic mass is 10.2. The number of anilines is 1. The molecule has 3 aromatic rings. The summed E-state index contributed by atoms with van der Waals surface area (Å²) in [6.45, 7) is 4.68. The highest BCUT2D eigenvalue weighted by Gasteiger charge is 2.03. The second kappa shape index (κ2) is 5.24. The Morgan fingerprint density at radius 2 is 2.00 bits per heavy atom. The van der Waals surface area contributed by atoms with Crippen molar-refractivity contribution in [2.45, 2.75) is 20.3 Å². The average Bonchev–Trinajstić information content (AvgIpc) is 2.83. The smallest absolute Gasteiger partial charge is 0.178 e. The molecule has 0 unspecified atom stereocenters. The van der Waals surface area contributed by atoms with E-state index in [0.29, 0.717) is 0 Å². The number of aromatic nitrogens is 5. The van der Waals surface area contributed by atoms with Crippen LogP contribution in [0.15, 0.2) is 30.5 Å². The lowest BCUT2D eigenvalue weighted by molar-refractivity contribution is 0.867. The van der Waals surface area contributed by atoms with E-state index in [9.17, 15) is 0 Å². The van der Waals surface area contributed by atoms with Gasteiger partial charge in [-0.05, 0) is 44.0 Å². The maximum atomic E-state index is 4.44. The van der Waals surface area contributed by atoms with Crippen molar-refractivity contribution in [3.63, 3.8) is 0 Å². The number of fused-ring (bicyclic) bond motifs is 1. The molecule has 0 atom stereocenters. The number of rotatable bonds is 4. The van der Waals surface area contributed by atoms with Gasteiger partial charge in [-0.2, -0.15) is 4.52 Å². The van der Waals surface area contributed by atoms with E-state index in [-0.39, 0.29) is 0 Å². The van der Waals surface area contributed by atoms with Crippen LogP contribution in [0.5, 0.6) is 0 Å². The number of nitrogens with zero attached hydrogens (tertiary/aromatic N) is 5. The standard InChI is InChI=1S/C14H16N6/c1-10-3-4-12(9-16-10)7-8-15-13-5-6-14-18-17-11(2)20(14)19-13/h3-6,9H,7-8H2,1-2H3,(H,15,19). The maximum Gasteiger partial charge on any atom is 0.178 e. The SMILES string of the molecule is Cc1ccc(CCNc2ccc3nnc(C)n3n2)cn1. The minimum Gasteiger partial charge on any atom is -0.368 e. The van der Waals surface area contributed by atoms with Crippen LogP contribution in [0.2, 0.25) is 0 Å². The predicted molar refractivity (Wildman–Crippen MR) is 76.7 cm³/mol. The molecule has 0 bridgehead atoms. The summed E-state index contributed by atoms with van der Waals surface area (Å²) >= 11 is 0. The zero-order valence-electron chi connectivity index (χ0n) is 11.5. The van der Waals surface area contributed by atoms with E-state index >= 15 is 0 Å². The van der Waals surface area contributed by atoms with Gasteiger partial charge in [0.2, 0.25) is 0 Å². The third kappa shape index (κ3) is 2.59. The van der Waals surface area contributed by atoms with Gasteiger partial charge in [0.25, 0.3) is 0 Å². The fourth-order valence-electron chi connectivity index (χ4n) is 1.97. The highest BCUT2D eigenvalue weighted by molar-refractivity contribution is 5.43. The van der Waals surface area contributed by atoms with E-state index in [0.717, 1.165) is 35.9 Å². The molecule has 0 saturated heterocycles. The van der Waals surface area contributed by atoms with Crippen molar-refractivity contribution < 1.29 is 0 Å². The lowest BCUT2D eigenvalue weighted by Crippen LogP contribution is -2.08. The van der Waals surface area contributed by atoms with Gasteiger partial charge in [0, 0.05) is 18.4 Å². The molecular formula is C14H16N6. The molecule has 20 heavy (non-hydrogen) atoms. The Balaban J connectivity index is 1.64. The topological polar surface area (TPSA) is 68.0 Å². The monoisotopic (exact) mass is 268 g/mol. The molecule has 0 saturated carbocycles. The van der Waals surface area contributed by atoms with Gasteiger partial charge in [-0.25, -0.2) is 0 Å². The van der Waals surface area contributed by atoms with Crippen LogP contribution in [-0.4, -0.2) is 31.3 Å². The first-order chi connectivity index (χ1) is 9.72. The zero-order chi connectivity index (χ0) is 13.9. The van der Waals surface area contributed by atoms with Gasteiger partial charge in [0.1, 0.15) is 5.82 Å². The molecule has 0 aliphatic carbocycles. The van der Waals surface area contributed by atoms with Crippen LogP contribution in [0, 0.1) is 13.8 Å². The summed E-state index contributed by atoms with van der Waals surface area (Å²) in [5.74, 6) is 1.60. The van der Waals surface area contributed by atoms with Gasteiger partial charge in [-0.1, -0.05) is 6.07 Å². The van der Waals surface area contributed by atoms with Crippen LogP contribution in [-0.2, 0) is 6.42 Å². The van der Waals surface area contributed by atoms with E-state index < -0.39 is 0 Å². The summed E-state index contributed by atoms with van der Waals surface area (Å²) in [5, 5.41) is 15.7. The maximum absolute atomic E-state index is 4.44. The molecule has 0 radical (unpaired) electrons. The van der Waals surface area contributed by atoms with Crippen LogP contribution < -0.4 is 5.32 Å². The minimum atomic E-state index is 0.760. The summed E-state index contributed by atoms with van der Waals surface area (Å²) in [4.78, 5) is 4.29. The summed E-state index contributed by atoms with van der Waals surface area (Å²) < 4.78 is 1.73. The zero-order valence-corrected chi connectivity index (χ0v) is 11.5. The van der Waals surface area contributed by atoms with Gasteiger partial charge in [-0.3, -0.25) is 4.98 Å². The molecule has 3 aromatic heterocycles. The van der Waals surface area contributed by atoms with E-state index in [1.165, 1.54) is 5.56 Å². The molecule has 0 aliphatic heterocycles. The summed E-state index contributed by atoms with van der Waals surface area (Å²) in [6, 6.07) is 7.95. The highest BCUT2D eigenvalue weighted by Crippen LogP contribution is 2.07. The second-order valence-electron chi connectivity index (χ2n) is 4.72. The van der Waals surface area contributed by atoms with Gasteiger partial charge < -0.3 is 5.32 Å². The van der Waals surface area contributed by atoms with Crippen LogP contribution in [0.1, 0.15) is 17.1 Å². The van der Waals surface area contributed by atoms with Crippen LogP contribution >= 0.6 is 0 Å². The Morgan fingerprint density at radius 1 is 1.10 bits per heavy atom. The number of pyridine rings is 1. The largest absolute Gasteiger partial charge is 0.368 e. The first-order valence-electron chi connectivity index (χ1n) is 6.57. The fraction of sp³-hybridized carbons (Fsp3) is 0.286. The van der Waals surface area contributed by atoms with Crippen molar-refractivity contribution in [3.8, 4) is 0 Å². The highest BCUT2D eigenvalue weighted by atomic mass is 15.4. The van der Waals surface area contributed by atoms with Crippen molar-refractivity contribution in [3.05, 3.63) is 47.5 Å². The number of hydrogen-bond acceptors (Lipinski definition) is 5. The first-order valence-corrected chi connectivity index (χ1v) is 6.57. The van der Waals surface area contributed by atoms with Gasteiger partial charge in [0.05, 0.1) is 0 Å². The summed E-state index contributed by atoms with van der Waals surface area (Å²) in [6.07, 6.45) is 2.83. The molecule has 3 heterocycles. The third-order valence-corrected chi connectivity index (χ3v) is 3.11. The molecule has 6 heteroatoms. The van der Waals surface area contributed by atoms with E-state index in [2.05, 4.69) is 31.7 Å². The molecule has 0 aliphatic rings. The molecule has 0 amide bonds. The van der Waals surface area contributed by atoms with E-state index in [1.807, 2.05) is 38.2 Å². The lowest BCUT2D eigenvalue weighted by Gasteiger charge is -2.06. The van der Waals surface area contributed by atoms with Crippen LogP contribution in [0.4, 0.5) is 5.82 Å². The van der Waals surface area contributed by atoms with Crippen molar-refractivity contribution in [1.82, 2.24) is 24.8 Å². The average molecular weight is 268 g/mol. The minimum absolute atomic E-state index is 0.760. The van der Waals surface area contributed by atoms with Crippen LogP contribution in [0.25, 0.3) is 5.65 Å². The van der Waals surface area contributed by atoms with E-state index in [4.69, 9.17) is 0 Å². The molecule has 3 rings (SSSR count). The Bertz CT molecular complexity index is 716. The molecule has 0 aromatic carbocycles. The number of nitrogens with one attached hydrogen (secondary N) is 1. The summed E-state index contributed by atoms with van der Waals surface area (Å²) in [5.41, 5.74) is 3.01. The third-order valence-electron chi connectivity index (χ3n) is 3.11. The molecule has 102 valence electrons. The van der Waals surface area contributed by atoms with Crippen molar-refractivity contribution in [1.29, 1.82) is 0 Å². The normalized spacial score (nSPS) is 10.9.